The molecule has 2 heterocycles. The molecule has 0 amide bonds. The van der Waals surface area contributed by atoms with Gasteiger partial charge in [0.15, 0.2) is 16.6 Å². The molecule has 0 unspecified atom stereocenters. The van der Waals surface area contributed by atoms with Crippen molar-refractivity contribution in [3.8, 4) is 0 Å². The molecule has 0 aliphatic carbocycles. The lowest BCUT2D eigenvalue weighted by atomic mass is 10.1. The molecule has 0 saturated carbocycles. The highest BCUT2D eigenvalue weighted by molar-refractivity contribution is 7.11. The molecular weight excluding hydrogens is 541 g/mol. The maximum Gasteiger partial charge on any atom is 0.200 e. The highest BCUT2D eigenvalue weighted by atomic mass is 32.1. The standard InChI is InChI=1S/C31H56O3S2Si2/c1-21(2)37(22(3)4,23(5)6)33-17-13-27-15-19-35-30(27)29(32)31-28(16-20-36-31)14-18-34-38(24(7)8,25(9)10)26(11)12/h15-16,19-26,29,32H,13-14,17-18H2,1-12H3. The van der Waals surface area contributed by atoms with E-state index in [1.54, 1.807) is 22.7 Å². The quantitative estimate of drug-likeness (QED) is 0.196. The highest BCUT2D eigenvalue weighted by Crippen LogP contribution is 2.44. The lowest BCUT2D eigenvalue weighted by molar-refractivity contribution is 0.223. The van der Waals surface area contributed by atoms with E-state index in [0.717, 1.165) is 35.8 Å². The van der Waals surface area contributed by atoms with Gasteiger partial charge in [-0.05, 0) is 80.1 Å². The van der Waals surface area contributed by atoms with Gasteiger partial charge in [0.2, 0.25) is 0 Å². The minimum absolute atomic E-state index is 0.579. The minimum Gasteiger partial charge on any atom is -0.416 e. The number of rotatable bonds is 16. The minimum atomic E-state index is -1.89. The van der Waals surface area contributed by atoms with Crippen LogP contribution in [0.25, 0.3) is 0 Å². The molecule has 0 spiro atoms. The molecule has 3 nitrogen and oxygen atoms in total. The predicted octanol–water partition coefficient (Wildman–Crippen LogP) is 10.4. The summed E-state index contributed by atoms with van der Waals surface area (Å²) in [6, 6.07) is 4.36. The molecule has 0 aromatic carbocycles. The summed E-state index contributed by atoms with van der Waals surface area (Å²) in [6.45, 7) is 29.5. The van der Waals surface area contributed by atoms with E-state index in [0.29, 0.717) is 33.2 Å². The Bertz CT molecular complexity index is 842. The van der Waals surface area contributed by atoms with Crippen molar-refractivity contribution in [2.45, 2.75) is 135 Å². The SMILES string of the molecule is CC(C)[Si](OCCc1ccsc1C(O)c1sccc1CCO[Si](C(C)C)(C(C)C)C(C)C)(C(C)C)C(C)C. The topological polar surface area (TPSA) is 38.7 Å². The molecule has 2 aromatic rings. The predicted molar refractivity (Wildman–Crippen MR) is 174 cm³/mol. The van der Waals surface area contributed by atoms with Crippen LogP contribution in [0.3, 0.4) is 0 Å². The van der Waals surface area contributed by atoms with Crippen molar-refractivity contribution in [1.82, 2.24) is 0 Å². The van der Waals surface area contributed by atoms with Crippen LogP contribution in [0, 0.1) is 0 Å². The van der Waals surface area contributed by atoms with E-state index >= 15 is 0 Å². The van der Waals surface area contributed by atoms with Crippen molar-refractivity contribution in [1.29, 1.82) is 0 Å². The zero-order valence-corrected chi connectivity index (χ0v) is 29.9. The van der Waals surface area contributed by atoms with Gasteiger partial charge >= 0.3 is 0 Å². The molecular formula is C31H56O3S2Si2. The number of aliphatic hydroxyl groups is 1. The first kappa shape index (κ1) is 33.9. The van der Waals surface area contributed by atoms with Crippen LogP contribution in [0.4, 0.5) is 0 Å². The normalized spacial score (nSPS) is 13.6. The van der Waals surface area contributed by atoms with Gasteiger partial charge in [-0.1, -0.05) is 83.1 Å². The third-order valence-electron chi connectivity index (χ3n) is 8.92. The lowest BCUT2D eigenvalue weighted by Gasteiger charge is -2.42. The van der Waals surface area contributed by atoms with Gasteiger partial charge in [0.05, 0.1) is 0 Å². The van der Waals surface area contributed by atoms with Gasteiger partial charge in [0.1, 0.15) is 6.10 Å². The van der Waals surface area contributed by atoms with Crippen LogP contribution in [0.5, 0.6) is 0 Å². The summed E-state index contributed by atoms with van der Waals surface area (Å²) in [5.41, 5.74) is 5.92. The Balaban J connectivity index is 2.14. The fourth-order valence-electron chi connectivity index (χ4n) is 7.38. The van der Waals surface area contributed by atoms with E-state index in [1.807, 2.05) is 0 Å². The second-order valence-corrected chi connectivity index (χ2v) is 25.7. The number of aliphatic hydroxyl groups excluding tert-OH is 1. The maximum absolute atomic E-state index is 11.5. The molecule has 0 radical (unpaired) electrons. The van der Waals surface area contributed by atoms with Gasteiger partial charge in [-0.3, -0.25) is 0 Å². The van der Waals surface area contributed by atoms with Gasteiger partial charge in [0, 0.05) is 23.0 Å². The van der Waals surface area contributed by atoms with Crippen LogP contribution in [0.1, 0.15) is 110 Å². The van der Waals surface area contributed by atoms with Crippen LogP contribution in [0.2, 0.25) is 33.2 Å². The maximum atomic E-state index is 11.5. The van der Waals surface area contributed by atoms with Crippen LogP contribution in [0.15, 0.2) is 22.9 Å². The Morgan fingerprint density at radius 1 is 0.579 bits per heavy atom. The van der Waals surface area contributed by atoms with Crippen LogP contribution in [-0.2, 0) is 21.7 Å². The van der Waals surface area contributed by atoms with Crippen molar-refractivity contribution in [3.63, 3.8) is 0 Å². The Morgan fingerprint density at radius 2 is 0.868 bits per heavy atom. The fraction of sp³-hybridized carbons (Fsp3) is 0.742. The van der Waals surface area contributed by atoms with Crippen LogP contribution in [-0.4, -0.2) is 35.0 Å². The van der Waals surface area contributed by atoms with Crippen molar-refractivity contribution in [2.24, 2.45) is 0 Å². The fourth-order valence-corrected chi connectivity index (χ4v) is 20.3. The Morgan fingerprint density at radius 3 is 1.13 bits per heavy atom. The Labute approximate surface area is 244 Å². The van der Waals surface area contributed by atoms with E-state index < -0.39 is 22.7 Å². The summed E-state index contributed by atoms with van der Waals surface area (Å²) in [6.07, 6.45) is 1.13. The summed E-state index contributed by atoms with van der Waals surface area (Å²) in [7, 11) is -3.78. The van der Waals surface area contributed by atoms with E-state index in [-0.39, 0.29) is 0 Å². The summed E-state index contributed by atoms with van der Waals surface area (Å²) in [5, 5.41) is 15.8. The molecule has 38 heavy (non-hydrogen) atoms. The van der Waals surface area contributed by atoms with Crippen LogP contribution < -0.4 is 0 Å². The summed E-state index contributed by atoms with van der Waals surface area (Å²) < 4.78 is 13.7. The van der Waals surface area contributed by atoms with Gasteiger partial charge in [-0.2, -0.15) is 0 Å². The monoisotopic (exact) mass is 596 g/mol. The van der Waals surface area contributed by atoms with E-state index in [9.17, 15) is 5.11 Å². The van der Waals surface area contributed by atoms with Gasteiger partial charge < -0.3 is 14.0 Å². The second kappa shape index (κ2) is 14.6. The molecule has 2 rings (SSSR count). The smallest absolute Gasteiger partial charge is 0.200 e. The van der Waals surface area contributed by atoms with Crippen molar-refractivity contribution >= 4 is 39.3 Å². The highest BCUT2D eigenvalue weighted by Gasteiger charge is 2.46. The number of hydrogen-bond acceptors (Lipinski definition) is 5. The molecule has 0 aliphatic heterocycles. The Kier molecular flexibility index (Phi) is 13.0. The van der Waals surface area contributed by atoms with Gasteiger partial charge in [0.25, 0.3) is 0 Å². The molecule has 0 aliphatic rings. The summed E-state index contributed by atoms with van der Waals surface area (Å²) in [4.78, 5) is 2.14. The van der Waals surface area contributed by atoms with Crippen molar-refractivity contribution < 1.29 is 14.0 Å². The third kappa shape index (κ3) is 7.13. The molecule has 0 saturated heterocycles. The first-order valence-corrected chi connectivity index (χ1v) is 20.9. The molecule has 1 N–H and O–H groups in total. The Hall–Kier alpha value is -0.286. The van der Waals surface area contributed by atoms with E-state index in [4.69, 9.17) is 8.85 Å². The average Bonchev–Trinajstić information content (AvgIpc) is 3.47. The summed E-state index contributed by atoms with van der Waals surface area (Å²) >= 11 is 3.34. The molecule has 0 atom stereocenters. The second-order valence-electron chi connectivity index (χ2n) is 12.9. The lowest BCUT2D eigenvalue weighted by Crippen LogP contribution is -2.48. The number of thiophene rings is 2. The molecule has 0 fully saturated rings. The number of hydrogen-bond donors (Lipinski definition) is 1. The molecule has 218 valence electrons. The zero-order valence-electron chi connectivity index (χ0n) is 26.3. The molecule has 2 aromatic heterocycles. The van der Waals surface area contributed by atoms with Crippen molar-refractivity contribution in [2.75, 3.05) is 13.2 Å². The zero-order chi connectivity index (χ0) is 28.8. The molecule has 7 heteroatoms. The van der Waals surface area contributed by atoms with E-state index in [1.165, 1.54) is 11.1 Å². The van der Waals surface area contributed by atoms with Crippen LogP contribution >= 0.6 is 22.7 Å². The summed E-state index contributed by atoms with van der Waals surface area (Å²) in [5.74, 6) is 0. The largest absolute Gasteiger partial charge is 0.416 e. The van der Waals surface area contributed by atoms with Gasteiger partial charge in [-0.15, -0.1) is 22.7 Å². The average molecular weight is 597 g/mol. The van der Waals surface area contributed by atoms with E-state index in [2.05, 4.69) is 106 Å². The third-order valence-corrected chi connectivity index (χ3v) is 23.2. The first-order chi connectivity index (χ1) is 17.7. The van der Waals surface area contributed by atoms with Gasteiger partial charge in [-0.25, -0.2) is 0 Å². The first-order valence-electron chi connectivity index (χ1n) is 14.8. The van der Waals surface area contributed by atoms with Crippen molar-refractivity contribution in [3.05, 3.63) is 43.8 Å². The molecule has 0 bridgehead atoms.